The summed E-state index contributed by atoms with van der Waals surface area (Å²) in [4.78, 5) is 3.83. The van der Waals surface area contributed by atoms with Crippen molar-refractivity contribution in [3.8, 4) is 17.0 Å². The molecule has 6 heteroatoms. The second kappa shape index (κ2) is 4.58. The monoisotopic (exact) mass is 289 g/mol. The highest BCUT2D eigenvalue weighted by Crippen LogP contribution is 2.43. The zero-order chi connectivity index (χ0) is 15.2. The fraction of sp³-hybridized carbons (Fsp3) is 0.267. The number of benzene rings is 1. The van der Waals surface area contributed by atoms with Gasteiger partial charge in [0.1, 0.15) is 11.4 Å². The zero-order valence-corrected chi connectivity index (χ0v) is 11.4. The minimum Gasteiger partial charge on any atom is -0.507 e. The third-order valence-corrected chi connectivity index (χ3v) is 3.77. The van der Waals surface area contributed by atoms with Gasteiger partial charge in [0.2, 0.25) is 0 Å². The highest BCUT2D eigenvalue weighted by Gasteiger charge is 2.39. The summed E-state index contributed by atoms with van der Waals surface area (Å²) in [5, 5.41) is 18.1. The van der Waals surface area contributed by atoms with Crippen molar-refractivity contribution in [2.45, 2.75) is 25.7 Å². The van der Waals surface area contributed by atoms with Gasteiger partial charge in [-0.25, -0.2) is 8.78 Å². The SMILES string of the molecule is C=Nc1cnnc(-c2ccc3c(c2O)CC(F)(F)C3)c1C. The summed E-state index contributed by atoms with van der Waals surface area (Å²) in [6, 6.07) is 3.21. The van der Waals surface area contributed by atoms with E-state index in [1.165, 1.54) is 6.20 Å². The number of aromatic hydroxyl groups is 1. The molecule has 0 bridgehead atoms. The number of phenolic OH excluding ortho intramolecular Hbond substituents is 1. The van der Waals surface area contributed by atoms with Gasteiger partial charge in [-0.3, -0.25) is 4.99 Å². The largest absolute Gasteiger partial charge is 0.507 e. The Kier molecular flexibility index (Phi) is 2.97. The molecule has 0 saturated carbocycles. The number of hydrogen-bond donors (Lipinski definition) is 1. The maximum absolute atomic E-state index is 13.5. The number of rotatable bonds is 2. The molecule has 0 aliphatic heterocycles. The van der Waals surface area contributed by atoms with Crippen LogP contribution in [0, 0.1) is 6.92 Å². The van der Waals surface area contributed by atoms with E-state index in [0.29, 0.717) is 28.1 Å². The van der Waals surface area contributed by atoms with Crippen LogP contribution in [0.3, 0.4) is 0 Å². The van der Waals surface area contributed by atoms with Crippen molar-refractivity contribution in [2.24, 2.45) is 4.99 Å². The highest BCUT2D eigenvalue weighted by molar-refractivity contribution is 5.75. The molecular formula is C15H13F2N3O. The van der Waals surface area contributed by atoms with Crippen LogP contribution >= 0.6 is 0 Å². The first kappa shape index (κ1) is 13.6. The van der Waals surface area contributed by atoms with Gasteiger partial charge in [-0.1, -0.05) is 6.07 Å². The number of aliphatic imine (C=N–C) groups is 1. The van der Waals surface area contributed by atoms with Gasteiger partial charge in [0.15, 0.2) is 0 Å². The predicted molar refractivity (Wildman–Crippen MR) is 75.4 cm³/mol. The van der Waals surface area contributed by atoms with E-state index < -0.39 is 12.3 Å². The lowest BCUT2D eigenvalue weighted by molar-refractivity contribution is 0.0127. The Morgan fingerprint density at radius 3 is 2.81 bits per heavy atom. The highest BCUT2D eigenvalue weighted by atomic mass is 19.3. The second-order valence-corrected chi connectivity index (χ2v) is 5.17. The quantitative estimate of drug-likeness (QED) is 0.863. The van der Waals surface area contributed by atoms with Crippen LogP contribution in [0.1, 0.15) is 16.7 Å². The van der Waals surface area contributed by atoms with E-state index in [0.717, 1.165) is 0 Å². The van der Waals surface area contributed by atoms with Gasteiger partial charge in [-0.2, -0.15) is 5.10 Å². The Bertz CT molecular complexity index is 744. The Morgan fingerprint density at radius 2 is 2.10 bits per heavy atom. The van der Waals surface area contributed by atoms with Gasteiger partial charge >= 0.3 is 0 Å². The maximum Gasteiger partial charge on any atom is 0.256 e. The summed E-state index contributed by atoms with van der Waals surface area (Å²) < 4.78 is 27.0. The number of nitrogens with zero attached hydrogens (tertiary/aromatic N) is 3. The molecule has 0 unspecified atom stereocenters. The van der Waals surface area contributed by atoms with Crippen LogP contribution in [0.15, 0.2) is 23.3 Å². The lowest BCUT2D eigenvalue weighted by Crippen LogP contribution is -2.14. The number of halogens is 2. The summed E-state index contributed by atoms with van der Waals surface area (Å²) in [6.45, 7) is 5.22. The first-order chi connectivity index (χ1) is 9.93. The number of phenols is 1. The number of fused-ring (bicyclic) bond motifs is 1. The number of hydrogen-bond acceptors (Lipinski definition) is 4. The fourth-order valence-corrected chi connectivity index (χ4v) is 2.68. The van der Waals surface area contributed by atoms with Crippen molar-refractivity contribution < 1.29 is 13.9 Å². The van der Waals surface area contributed by atoms with Crippen LogP contribution in [-0.4, -0.2) is 27.9 Å². The van der Waals surface area contributed by atoms with Gasteiger partial charge in [-0.15, -0.1) is 5.10 Å². The molecule has 1 heterocycles. The summed E-state index contributed by atoms with van der Waals surface area (Å²) >= 11 is 0. The minimum absolute atomic E-state index is 0.150. The summed E-state index contributed by atoms with van der Waals surface area (Å²) in [6.07, 6.45) is 0.674. The molecular weight excluding hydrogens is 276 g/mol. The van der Waals surface area contributed by atoms with Gasteiger partial charge in [0, 0.05) is 29.5 Å². The number of alkyl halides is 2. The van der Waals surface area contributed by atoms with Crippen molar-refractivity contribution in [1.29, 1.82) is 0 Å². The van der Waals surface area contributed by atoms with Crippen LogP contribution in [0.4, 0.5) is 14.5 Å². The van der Waals surface area contributed by atoms with E-state index in [1.54, 1.807) is 19.1 Å². The average molecular weight is 289 g/mol. The van der Waals surface area contributed by atoms with E-state index in [1.807, 2.05) is 0 Å². The summed E-state index contributed by atoms with van der Waals surface area (Å²) in [5.74, 6) is -2.95. The molecule has 0 spiro atoms. The van der Waals surface area contributed by atoms with Crippen LogP contribution in [-0.2, 0) is 12.8 Å². The van der Waals surface area contributed by atoms with E-state index in [2.05, 4.69) is 21.9 Å². The first-order valence-electron chi connectivity index (χ1n) is 6.44. The zero-order valence-electron chi connectivity index (χ0n) is 11.4. The molecule has 0 fully saturated rings. The molecule has 0 radical (unpaired) electrons. The van der Waals surface area contributed by atoms with Crippen molar-refractivity contribution in [1.82, 2.24) is 10.2 Å². The minimum atomic E-state index is -2.80. The fourth-order valence-electron chi connectivity index (χ4n) is 2.68. The van der Waals surface area contributed by atoms with Crippen LogP contribution in [0.5, 0.6) is 5.75 Å². The van der Waals surface area contributed by atoms with Crippen molar-refractivity contribution in [2.75, 3.05) is 0 Å². The topological polar surface area (TPSA) is 58.4 Å². The van der Waals surface area contributed by atoms with E-state index in [-0.39, 0.29) is 17.7 Å². The van der Waals surface area contributed by atoms with E-state index in [9.17, 15) is 13.9 Å². The second-order valence-electron chi connectivity index (χ2n) is 5.17. The molecule has 4 nitrogen and oxygen atoms in total. The van der Waals surface area contributed by atoms with Crippen molar-refractivity contribution in [3.63, 3.8) is 0 Å². The summed E-state index contributed by atoms with van der Waals surface area (Å²) in [7, 11) is 0. The first-order valence-corrected chi connectivity index (χ1v) is 6.44. The van der Waals surface area contributed by atoms with E-state index >= 15 is 0 Å². The molecule has 0 atom stereocenters. The van der Waals surface area contributed by atoms with Crippen molar-refractivity contribution >= 4 is 12.4 Å². The van der Waals surface area contributed by atoms with Crippen LogP contribution in [0.25, 0.3) is 11.3 Å². The van der Waals surface area contributed by atoms with Crippen LogP contribution < -0.4 is 0 Å². The third-order valence-electron chi connectivity index (χ3n) is 3.77. The molecule has 2 aromatic rings. The smallest absolute Gasteiger partial charge is 0.256 e. The van der Waals surface area contributed by atoms with Gasteiger partial charge in [-0.05, 0) is 25.3 Å². The molecule has 1 N–H and O–H groups in total. The lowest BCUT2D eigenvalue weighted by Gasteiger charge is -2.11. The Labute approximate surface area is 120 Å². The van der Waals surface area contributed by atoms with Crippen molar-refractivity contribution in [3.05, 3.63) is 35.0 Å². The average Bonchev–Trinajstić information content (AvgIpc) is 2.76. The molecule has 0 amide bonds. The molecule has 0 saturated heterocycles. The Hall–Kier alpha value is -2.37. The van der Waals surface area contributed by atoms with Gasteiger partial charge in [0.25, 0.3) is 5.92 Å². The molecule has 1 aliphatic rings. The Balaban J connectivity index is 2.17. The molecule has 1 aliphatic carbocycles. The third kappa shape index (κ3) is 2.16. The number of aromatic nitrogens is 2. The molecule has 1 aromatic heterocycles. The molecule has 108 valence electrons. The molecule has 21 heavy (non-hydrogen) atoms. The molecule has 3 rings (SSSR count). The van der Waals surface area contributed by atoms with Crippen LogP contribution in [0.2, 0.25) is 0 Å². The van der Waals surface area contributed by atoms with Gasteiger partial charge in [0.05, 0.1) is 11.9 Å². The lowest BCUT2D eigenvalue weighted by atomic mass is 9.99. The summed E-state index contributed by atoms with van der Waals surface area (Å²) in [5.41, 5.74) is 2.82. The molecule has 1 aromatic carbocycles. The normalized spacial score (nSPS) is 15.8. The predicted octanol–water partition coefficient (Wildman–Crippen LogP) is 3.22. The standard InChI is InChI=1S/C15H13F2N3O/c1-8-12(18-2)7-19-20-13(8)10-4-3-9-5-15(16,17)6-11(9)14(10)21/h3-4,7,21H,2,5-6H2,1H3. The maximum atomic E-state index is 13.5. The Morgan fingerprint density at radius 1 is 1.33 bits per heavy atom. The van der Waals surface area contributed by atoms with Gasteiger partial charge < -0.3 is 5.11 Å². The van der Waals surface area contributed by atoms with E-state index in [4.69, 9.17) is 0 Å².